The van der Waals surface area contributed by atoms with Crippen LogP contribution in [-0.4, -0.2) is 142 Å². The SMILES string of the molecule is CCCCCCCCCCCCC(=O)OC(COC(=O)CCCCCCC)COC1OC(COC2OC(CO)C(O)C(O)C2O)C(O)C(O)C1O. The molecule has 0 spiro atoms. The lowest BCUT2D eigenvalue weighted by atomic mass is 9.98. The Labute approximate surface area is 302 Å². The smallest absolute Gasteiger partial charge is 0.306 e. The third-order valence-electron chi connectivity index (χ3n) is 9.34. The number of rotatable bonds is 27. The fourth-order valence-corrected chi connectivity index (χ4v) is 6.04. The average molecular weight is 739 g/mol. The minimum Gasteiger partial charge on any atom is -0.462 e. The summed E-state index contributed by atoms with van der Waals surface area (Å²) in [5, 5.41) is 71.3. The maximum absolute atomic E-state index is 12.7. The number of ether oxygens (including phenoxy) is 6. The van der Waals surface area contributed by atoms with Crippen molar-refractivity contribution < 1.29 is 73.8 Å². The Bertz CT molecular complexity index is 923. The molecule has 2 aliphatic heterocycles. The molecule has 2 saturated heterocycles. The standard InChI is InChI=1S/C36H66O15/c1-3-5-7-9-10-11-12-13-15-17-19-28(39)49-24(21-46-27(38)18-16-14-8-6-4-2)22-47-35-34(45)32(43)30(41)26(51-35)23-48-36-33(44)31(42)29(40)25(20-37)50-36/h24-26,29-37,40-45H,3-23H2,1-2H3. The lowest BCUT2D eigenvalue weighted by Crippen LogP contribution is -2.61. The number of hydrogen-bond acceptors (Lipinski definition) is 15. The van der Waals surface area contributed by atoms with Crippen molar-refractivity contribution in [1.82, 2.24) is 0 Å². The second kappa shape index (κ2) is 26.3. The van der Waals surface area contributed by atoms with E-state index in [0.29, 0.717) is 12.8 Å². The molecule has 0 radical (unpaired) electrons. The summed E-state index contributed by atoms with van der Waals surface area (Å²) < 4.78 is 33.1. The van der Waals surface area contributed by atoms with E-state index in [1.54, 1.807) is 0 Å². The molecule has 0 aromatic carbocycles. The first-order valence-electron chi connectivity index (χ1n) is 19.1. The van der Waals surface area contributed by atoms with Crippen LogP contribution < -0.4 is 0 Å². The predicted octanol–water partition coefficient (Wildman–Crippen LogP) is 1.75. The summed E-state index contributed by atoms with van der Waals surface area (Å²) in [6, 6.07) is 0. The van der Waals surface area contributed by atoms with Gasteiger partial charge in [0.1, 0.15) is 55.4 Å². The Balaban J connectivity index is 1.91. The number of aliphatic hydroxyl groups excluding tert-OH is 7. The fraction of sp³-hybridized carbons (Fsp3) is 0.944. The number of carbonyl (C=O) groups is 2. The molecule has 51 heavy (non-hydrogen) atoms. The summed E-state index contributed by atoms with van der Waals surface area (Å²) in [4.78, 5) is 25.2. The lowest BCUT2D eigenvalue weighted by Gasteiger charge is -2.42. The third-order valence-corrected chi connectivity index (χ3v) is 9.34. The normalized spacial score (nSPS) is 30.2. The molecule has 15 nitrogen and oxygen atoms in total. The molecule has 2 aliphatic rings. The van der Waals surface area contributed by atoms with Gasteiger partial charge in [-0.05, 0) is 12.8 Å². The van der Waals surface area contributed by atoms with Crippen LogP contribution in [0.4, 0.5) is 0 Å². The van der Waals surface area contributed by atoms with E-state index in [2.05, 4.69) is 13.8 Å². The summed E-state index contributed by atoms with van der Waals surface area (Å²) >= 11 is 0. The van der Waals surface area contributed by atoms with Gasteiger partial charge in [-0.1, -0.05) is 97.3 Å². The van der Waals surface area contributed by atoms with Crippen molar-refractivity contribution in [2.75, 3.05) is 26.4 Å². The van der Waals surface area contributed by atoms with Gasteiger partial charge in [0.05, 0.1) is 19.8 Å². The quantitative estimate of drug-likeness (QED) is 0.0470. The predicted molar refractivity (Wildman–Crippen MR) is 183 cm³/mol. The van der Waals surface area contributed by atoms with Gasteiger partial charge in [-0.2, -0.15) is 0 Å². The molecule has 11 atom stereocenters. The summed E-state index contributed by atoms with van der Waals surface area (Å²) in [7, 11) is 0. The molecule has 7 N–H and O–H groups in total. The molecule has 0 aromatic heterocycles. The van der Waals surface area contributed by atoms with Crippen LogP contribution in [0.5, 0.6) is 0 Å². The average Bonchev–Trinajstić information content (AvgIpc) is 3.12. The highest BCUT2D eigenvalue weighted by Crippen LogP contribution is 2.26. The van der Waals surface area contributed by atoms with Gasteiger partial charge in [0, 0.05) is 12.8 Å². The van der Waals surface area contributed by atoms with Crippen molar-refractivity contribution in [3.63, 3.8) is 0 Å². The second-order valence-electron chi connectivity index (χ2n) is 13.8. The van der Waals surface area contributed by atoms with E-state index in [-0.39, 0.29) is 26.1 Å². The van der Waals surface area contributed by atoms with E-state index in [1.165, 1.54) is 38.5 Å². The van der Waals surface area contributed by atoms with Crippen LogP contribution in [0.3, 0.4) is 0 Å². The van der Waals surface area contributed by atoms with E-state index in [9.17, 15) is 45.3 Å². The summed E-state index contributed by atoms with van der Waals surface area (Å²) in [5.41, 5.74) is 0. The van der Waals surface area contributed by atoms with E-state index < -0.39 is 92.7 Å². The molecule has 0 aliphatic carbocycles. The Morgan fingerprint density at radius 1 is 0.549 bits per heavy atom. The van der Waals surface area contributed by atoms with Crippen molar-refractivity contribution >= 4 is 11.9 Å². The van der Waals surface area contributed by atoms with Gasteiger partial charge in [-0.25, -0.2) is 0 Å². The molecule has 11 unspecified atom stereocenters. The lowest BCUT2D eigenvalue weighted by molar-refractivity contribution is -0.332. The van der Waals surface area contributed by atoms with Crippen molar-refractivity contribution in [1.29, 1.82) is 0 Å². The Hall–Kier alpha value is -1.50. The summed E-state index contributed by atoms with van der Waals surface area (Å²) in [6.07, 6.45) is -0.570. The molecule has 15 heteroatoms. The third kappa shape index (κ3) is 17.0. The molecular formula is C36H66O15. The van der Waals surface area contributed by atoms with Gasteiger partial charge in [0.2, 0.25) is 0 Å². The van der Waals surface area contributed by atoms with Crippen LogP contribution in [-0.2, 0) is 38.0 Å². The maximum Gasteiger partial charge on any atom is 0.306 e. The minimum atomic E-state index is -1.75. The zero-order valence-electron chi connectivity index (χ0n) is 30.6. The van der Waals surface area contributed by atoms with Gasteiger partial charge in [0.15, 0.2) is 18.7 Å². The minimum absolute atomic E-state index is 0.170. The topological polar surface area (TPSA) is 231 Å². The van der Waals surface area contributed by atoms with Gasteiger partial charge in [-0.15, -0.1) is 0 Å². The highest BCUT2D eigenvalue weighted by atomic mass is 16.7. The van der Waals surface area contributed by atoms with Crippen molar-refractivity contribution in [2.45, 2.75) is 191 Å². The highest BCUT2D eigenvalue weighted by Gasteiger charge is 2.47. The number of hydrogen-bond donors (Lipinski definition) is 7. The molecular weight excluding hydrogens is 672 g/mol. The van der Waals surface area contributed by atoms with Crippen molar-refractivity contribution in [2.24, 2.45) is 0 Å². The second-order valence-corrected chi connectivity index (χ2v) is 13.8. The van der Waals surface area contributed by atoms with Crippen molar-refractivity contribution in [3.05, 3.63) is 0 Å². The molecule has 2 fully saturated rings. The Morgan fingerprint density at radius 2 is 1.00 bits per heavy atom. The number of unbranched alkanes of at least 4 members (excludes halogenated alkanes) is 13. The molecule has 300 valence electrons. The summed E-state index contributed by atoms with van der Waals surface area (Å²) in [5.74, 6) is -0.940. The summed E-state index contributed by atoms with van der Waals surface area (Å²) in [6.45, 7) is 2.43. The number of carbonyl (C=O) groups excluding carboxylic acids is 2. The maximum atomic E-state index is 12.7. The van der Waals surface area contributed by atoms with Crippen LogP contribution in [0.15, 0.2) is 0 Å². The largest absolute Gasteiger partial charge is 0.462 e. The molecule has 2 heterocycles. The van der Waals surface area contributed by atoms with Crippen LogP contribution in [0.2, 0.25) is 0 Å². The zero-order valence-corrected chi connectivity index (χ0v) is 30.6. The van der Waals surface area contributed by atoms with Crippen LogP contribution >= 0.6 is 0 Å². The number of aliphatic hydroxyl groups is 7. The van der Waals surface area contributed by atoms with E-state index in [0.717, 1.165) is 44.9 Å². The fourth-order valence-electron chi connectivity index (χ4n) is 6.04. The molecule has 0 saturated carbocycles. The van der Waals surface area contributed by atoms with Gasteiger partial charge >= 0.3 is 11.9 Å². The molecule has 0 amide bonds. The first-order chi connectivity index (χ1) is 24.5. The van der Waals surface area contributed by atoms with Gasteiger partial charge in [-0.3, -0.25) is 9.59 Å². The van der Waals surface area contributed by atoms with Crippen LogP contribution in [0.25, 0.3) is 0 Å². The van der Waals surface area contributed by atoms with Crippen LogP contribution in [0.1, 0.15) is 123 Å². The first-order valence-corrected chi connectivity index (χ1v) is 19.1. The Kier molecular flexibility index (Phi) is 23.5. The zero-order chi connectivity index (χ0) is 37.6. The number of esters is 2. The highest BCUT2D eigenvalue weighted by molar-refractivity contribution is 5.70. The first kappa shape index (κ1) is 45.7. The van der Waals surface area contributed by atoms with E-state index >= 15 is 0 Å². The molecule has 0 bridgehead atoms. The Morgan fingerprint density at radius 3 is 1.53 bits per heavy atom. The van der Waals surface area contributed by atoms with Crippen molar-refractivity contribution in [3.8, 4) is 0 Å². The van der Waals surface area contributed by atoms with E-state index in [4.69, 9.17) is 28.4 Å². The molecule has 2 rings (SSSR count). The monoisotopic (exact) mass is 738 g/mol. The van der Waals surface area contributed by atoms with E-state index in [1.807, 2.05) is 0 Å². The van der Waals surface area contributed by atoms with Crippen LogP contribution in [0, 0.1) is 0 Å². The van der Waals surface area contributed by atoms with Gasteiger partial charge < -0.3 is 64.2 Å². The molecule has 0 aromatic rings. The van der Waals surface area contributed by atoms with Gasteiger partial charge in [0.25, 0.3) is 0 Å².